The minimum atomic E-state index is -0.124. The van der Waals surface area contributed by atoms with E-state index in [9.17, 15) is 0 Å². The first-order chi connectivity index (χ1) is 14.4. The van der Waals surface area contributed by atoms with Gasteiger partial charge in [0.2, 0.25) is 0 Å². The monoisotopic (exact) mass is 390 g/mol. The summed E-state index contributed by atoms with van der Waals surface area (Å²) in [6.45, 7) is 0. The fourth-order valence-corrected chi connectivity index (χ4v) is 4.12. The van der Waals surface area contributed by atoms with Gasteiger partial charge < -0.3 is 4.90 Å². The number of amidine groups is 1. The van der Waals surface area contributed by atoms with E-state index < -0.39 is 0 Å². The summed E-state index contributed by atoms with van der Waals surface area (Å²) >= 11 is 1.67. The number of thiophene rings is 1. The molecule has 0 fully saturated rings. The van der Waals surface area contributed by atoms with Gasteiger partial charge in [0.05, 0.1) is 5.69 Å². The van der Waals surface area contributed by atoms with Crippen LogP contribution in [0.4, 0.5) is 11.4 Å². The Bertz CT molecular complexity index is 1200. The smallest absolute Gasteiger partial charge is 0.142 e. The number of para-hydroxylation sites is 2. The SMILES string of the molecule is C(#CC1c2ccccc2N=C(c2ccccc2)N1c1ccccc1)c1ccsc1. The molecule has 1 aliphatic heterocycles. The van der Waals surface area contributed by atoms with Gasteiger partial charge in [-0.3, -0.25) is 0 Å². The molecule has 5 rings (SSSR count). The summed E-state index contributed by atoms with van der Waals surface area (Å²) in [6.07, 6.45) is 0. The number of anilines is 1. The summed E-state index contributed by atoms with van der Waals surface area (Å²) in [5, 5.41) is 4.14. The number of hydrogen-bond acceptors (Lipinski definition) is 3. The zero-order valence-electron chi connectivity index (χ0n) is 15.7. The highest BCUT2D eigenvalue weighted by atomic mass is 32.1. The van der Waals surface area contributed by atoms with Crippen molar-refractivity contribution >= 4 is 28.5 Å². The minimum Gasteiger partial charge on any atom is -0.307 e. The van der Waals surface area contributed by atoms with Crippen LogP contribution in [0.2, 0.25) is 0 Å². The Morgan fingerprint density at radius 1 is 0.793 bits per heavy atom. The summed E-state index contributed by atoms with van der Waals surface area (Å²) in [7, 11) is 0. The molecule has 0 amide bonds. The molecule has 0 radical (unpaired) electrons. The Kier molecular flexibility index (Phi) is 4.70. The third-order valence-electron chi connectivity index (χ3n) is 4.88. The second kappa shape index (κ2) is 7.79. The molecular weight excluding hydrogens is 372 g/mol. The molecule has 4 aromatic rings. The van der Waals surface area contributed by atoms with Crippen LogP contribution < -0.4 is 4.90 Å². The van der Waals surface area contributed by atoms with Crippen molar-refractivity contribution in [3.05, 3.63) is 118 Å². The van der Waals surface area contributed by atoms with Crippen LogP contribution >= 0.6 is 11.3 Å². The van der Waals surface area contributed by atoms with E-state index in [0.717, 1.165) is 33.9 Å². The molecule has 1 aliphatic rings. The number of rotatable bonds is 2. The summed E-state index contributed by atoms with van der Waals surface area (Å²) in [4.78, 5) is 7.29. The zero-order valence-corrected chi connectivity index (χ0v) is 16.5. The van der Waals surface area contributed by atoms with Crippen molar-refractivity contribution in [3.63, 3.8) is 0 Å². The number of benzene rings is 3. The second-order valence-corrected chi connectivity index (χ2v) is 7.53. The highest BCUT2D eigenvalue weighted by Gasteiger charge is 2.30. The number of nitrogens with zero attached hydrogens (tertiary/aromatic N) is 2. The molecule has 138 valence electrons. The maximum absolute atomic E-state index is 5.05. The average Bonchev–Trinajstić information content (AvgIpc) is 3.32. The van der Waals surface area contributed by atoms with Crippen molar-refractivity contribution in [2.24, 2.45) is 4.99 Å². The molecule has 0 aliphatic carbocycles. The predicted molar refractivity (Wildman–Crippen MR) is 122 cm³/mol. The van der Waals surface area contributed by atoms with Crippen LogP contribution in [0, 0.1) is 11.8 Å². The van der Waals surface area contributed by atoms with Crippen LogP contribution in [0.3, 0.4) is 0 Å². The fourth-order valence-electron chi connectivity index (χ4n) is 3.53. The Labute approximate surface area is 174 Å². The Morgan fingerprint density at radius 2 is 1.52 bits per heavy atom. The van der Waals surface area contributed by atoms with E-state index in [4.69, 9.17) is 4.99 Å². The van der Waals surface area contributed by atoms with Crippen LogP contribution in [0.15, 0.2) is 107 Å². The highest BCUT2D eigenvalue weighted by Crippen LogP contribution is 2.38. The molecule has 29 heavy (non-hydrogen) atoms. The molecule has 3 aromatic carbocycles. The fraction of sp³-hybridized carbons (Fsp3) is 0.0385. The van der Waals surface area contributed by atoms with Crippen molar-refractivity contribution < 1.29 is 0 Å². The molecule has 0 spiro atoms. The standard InChI is InChI=1S/C26H18N2S/c1-3-9-21(10-4-1)26-27-24-14-8-7-13-23(24)25(16-15-20-17-18-29-19-20)28(26)22-11-5-2-6-12-22/h1-14,17-19,25H. The molecule has 2 heterocycles. The van der Waals surface area contributed by atoms with Gasteiger partial charge in [0.15, 0.2) is 0 Å². The lowest BCUT2D eigenvalue weighted by Gasteiger charge is -2.36. The van der Waals surface area contributed by atoms with Crippen LogP contribution in [0.25, 0.3) is 0 Å². The number of fused-ring (bicyclic) bond motifs is 1. The molecule has 1 aromatic heterocycles. The lowest BCUT2D eigenvalue weighted by Crippen LogP contribution is -2.37. The van der Waals surface area contributed by atoms with Gasteiger partial charge >= 0.3 is 0 Å². The number of aliphatic imine (C=N–C) groups is 1. The van der Waals surface area contributed by atoms with Gasteiger partial charge in [-0.2, -0.15) is 11.3 Å². The summed E-state index contributed by atoms with van der Waals surface area (Å²) in [5.41, 5.74) is 5.30. The van der Waals surface area contributed by atoms with E-state index in [0.29, 0.717) is 0 Å². The van der Waals surface area contributed by atoms with E-state index in [-0.39, 0.29) is 6.04 Å². The Morgan fingerprint density at radius 3 is 2.28 bits per heavy atom. The van der Waals surface area contributed by atoms with Gasteiger partial charge in [-0.25, -0.2) is 4.99 Å². The summed E-state index contributed by atoms with van der Waals surface area (Å²) in [6, 6.07) is 30.9. The summed E-state index contributed by atoms with van der Waals surface area (Å²) in [5.74, 6) is 7.82. The number of hydrogen-bond donors (Lipinski definition) is 0. The molecule has 0 N–H and O–H groups in total. The molecule has 0 saturated carbocycles. The quantitative estimate of drug-likeness (QED) is 0.360. The molecule has 1 unspecified atom stereocenters. The van der Waals surface area contributed by atoms with Crippen LogP contribution in [-0.4, -0.2) is 5.84 Å². The Balaban J connectivity index is 1.73. The molecule has 3 heteroatoms. The molecule has 1 atom stereocenters. The van der Waals surface area contributed by atoms with E-state index in [1.807, 2.05) is 30.3 Å². The summed E-state index contributed by atoms with van der Waals surface area (Å²) < 4.78 is 0. The van der Waals surface area contributed by atoms with Crippen LogP contribution in [-0.2, 0) is 0 Å². The average molecular weight is 391 g/mol. The molecular formula is C26H18N2S. The maximum atomic E-state index is 5.05. The maximum Gasteiger partial charge on any atom is 0.142 e. The molecule has 0 bridgehead atoms. The topological polar surface area (TPSA) is 15.6 Å². The van der Waals surface area contributed by atoms with Gasteiger partial charge in [-0.15, -0.1) is 0 Å². The van der Waals surface area contributed by atoms with Gasteiger partial charge in [0.1, 0.15) is 11.9 Å². The van der Waals surface area contributed by atoms with Crippen molar-refractivity contribution in [2.45, 2.75) is 6.04 Å². The van der Waals surface area contributed by atoms with Crippen molar-refractivity contribution in [1.82, 2.24) is 0 Å². The third kappa shape index (κ3) is 3.47. The molecule has 2 nitrogen and oxygen atoms in total. The van der Waals surface area contributed by atoms with E-state index >= 15 is 0 Å². The lowest BCUT2D eigenvalue weighted by atomic mass is 9.98. The van der Waals surface area contributed by atoms with Crippen molar-refractivity contribution in [1.29, 1.82) is 0 Å². The Hall–Kier alpha value is -3.61. The zero-order chi connectivity index (χ0) is 19.5. The second-order valence-electron chi connectivity index (χ2n) is 6.75. The van der Waals surface area contributed by atoms with Crippen LogP contribution in [0.5, 0.6) is 0 Å². The molecule has 0 saturated heterocycles. The minimum absolute atomic E-state index is 0.124. The largest absolute Gasteiger partial charge is 0.307 e. The lowest BCUT2D eigenvalue weighted by molar-refractivity contribution is 0.882. The van der Waals surface area contributed by atoms with Crippen molar-refractivity contribution in [2.75, 3.05) is 4.90 Å². The first kappa shape index (κ1) is 17.5. The first-order valence-corrected chi connectivity index (χ1v) is 10.5. The van der Waals surface area contributed by atoms with Crippen molar-refractivity contribution in [3.8, 4) is 11.8 Å². The normalized spacial score (nSPS) is 15.1. The van der Waals surface area contributed by atoms with Gasteiger partial charge in [-0.05, 0) is 29.6 Å². The van der Waals surface area contributed by atoms with E-state index in [1.165, 1.54) is 0 Å². The highest BCUT2D eigenvalue weighted by molar-refractivity contribution is 7.08. The third-order valence-corrected chi connectivity index (χ3v) is 5.57. The first-order valence-electron chi connectivity index (χ1n) is 9.51. The van der Waals surface area contributed by atoms with E-state index in [1.54, 1.807) is 11.3 Å². The van der Waals surface area contributed by atoms with Gasteiger partial charge in [-0.1, -0.05) is 78.6 Å². The predicted octanol–water partition coefficient (Wildman–Crippen LogP) is 6.44. The van der Waals surface area contributed by atoms with Gasteiger partial charge in [0.25, 0.3) is 0 Å². The van der Waals surface area contributed by atoms with Crippen LogP contribution in [0.1, 0.15) is 22.7 Å². The van der Waals surface area contributed by atoms with Gasteiger partial charge in [0, 0.05) is 27.8 Å². The van der Waals surface area contributed by atoms with E-state index in [2.05, 4.69) is 88.2 Å².